The minimum absolute atomic E-state index is 0. The first kappa shape index (κ1) is 15.2. The Balaban J connectivity index is 0.00000162. The molecule has 0 spiro atoms. The van der Waals surface area contributed by atoms with E-state index in [1.807, 2.05) is 6.07 Å². The summed E-state index contributed by atoms with van der Waals surface area (Å²) in [4.78, 5) is 12.5. The molecule has 1 aliphatic heterocycles. The molecule has 0 saturated carbocycles. The Hall–Kier alpha value is -0.880. The highest BCUT2D eigenvalue weighted by atomic mass is 35.5. The fourth-order valence-electron chi connectivity index (χ4n) is 2.06. The zero-order valence-corrected chi connectivity index (χ0v) is 11.3. The zero-order chi connectivity index (χ0) is 12.4. The van der Waals surface area contributed by atoms with E-state index in [9.17, 15) is 10.1 Å². The van der Waals surface area contributed by atoms with Gasteiger partial charge in [0.15, 0.2) is 0 Å². The van der Waals surface area contributed by atoms with Crippen LogP contribution >= 0.6 is 24.0 Å². The van der Waals surface area contributed by atoms with Crippen LogP contribution in [-0.2, 0) is 6.54 Å². The summed E-state index contributed by atoms with van der Waals surface area (Å²) in [5.41, 5.74) is 6.67. The predicted molar refractivity (Wildman–Crippen MR) is 73.2 cm³/mol. The molecule has 1 saturated heterocycles. The molecule has 1 fully saturated rings. The lowest BCUT2D eigenvalue weighted by molar-refractivity contribution is -0.384. The van der Waals surface area contributed by atoms with Crippen molar-refractivity contribution in [3.05, 3.63) is 38.9 Å². The van der Waals surface area contributed by atoms with Gasteiger partial charge in [0.2, 0.25) is 0 Å². The van der Waals surface area contributed by atoms with E-state index >= 15 is 0 Å². The largest absolute Gasteiger partial charge is 0.326 e. The van der Waals surface area contributed by atoms with Crippen LogP contribution in [0.5, 0.6) is 0 Å². The monoisotopic (exact) mass is 291 g/mol. The van der Waals surface area contributed by atoms with Gasteiger partial charge >= 0.3 is 0 Å². The summed E-state index contributed by atoms with van der Waals surface area (Å²) in [5, 5.41) is 10.9. The molecule has 5 nitrogen and oxygen atoms in total. The normalized spacial score (nSPS) is 19.6. The molecule has 0 bridgehead atoms. The molecule has 18 heavy (non-hydrogen) atoms. The number of nitrogens with two attached hydrogens (primary N) is 1. The molecule has 0 amide bonds. The van der Waals surface area contributed by atoms with Crippen molar-refractivity contribution in [1.29, 1.82) is 0 Å². The molecular weight excluding hydrogens is 277 g/mol. The van der Waals surface area contributed by atoms with Crippen molar-refractivity contribution < 1.29 is 4.92 Å². The maximum absolute atomic E-state index is 10.8. The Labute approximate surface area is 116 Å². The first-order chi connectivity index (χ1) is 8.06. The van der Waals surface area contributed by atoms with E-state index in [0.29, 0.717) is 6.54 Å². The standard InChI is InChI=1S/C11H14ClN3O2.ClH/c12-10-2-1-8(5-11(10)15(16)17)6-14-4-3-9(13)7-14;/h1-2,5,9H,3-4,6-7,13H2;1H/t9-;/m1./s1. The van der Waals surface area contributed by atoms with Crippen LogP contribution in [0.3, 0.4) is 0 Å². The molecule has 0 radical (unpaired) electrons. The SMILES string of the molecule is Cl.N[C@@H]1CCN(Cc2ccc(Cl)c([N+](=O)[O-])c2)C1. The minimum Gasteiger partial charge on any atom is -0.326 e. The predicted octanol–water partition coefficient (Wildman–Crippen LogP) is 2.20. The molecule has 7 heteroatoms. The first-order valence-electron chi connectivity index (χ1n) is 5.47. The first-order valence-corrected chi connectivity index (χ1v) is 5.85. The molecule has 2 N–H and O–H groups in total. The van der Waals surface area contributed by atoms with Gasteiger partial charge in [0.1, 0.15) is 5.02 Å². The third-order valence-electron chi connectivity index (χ3n) is 2.92. The second-order valence-electron chi connectivity index (χ2n) is 4.33. The van der Waals surface area contributed by atoms with Crippen molar-refractivity contribution in [2.24, 2.45) is 5.73 Å². The molecule has 1 aliphatic rings. The van der Waals surface area contributed by atoms with Gasteiger partial charge in [-0.15, -0.1) is 12.4 Å². The van der Waals surface area contributed by atoms with Gasteiger partial charge in [-0.3, -0.25) is 15.0 Å². The quantitative estimate of drug-likeness (QED) is 0.684. The number of nitro groups is 1. The smallest absolute Gasteiger partial charge is 0.288 e. The molecule has 1 aromatic rings. The summed E-state index contributed by atoms with van der Waals surface area (Å²) in [5.74, 6) is 0. The molecule has 1 heterocycles. The van der Waals surface area contributed by atoms with Crippen LogP contribution in [-0.4, -0.2) is 29.0 Å². The maximum atomic E-state index is 10.8. The number of halogens is 2. The fourth-order valence-corrected chi connectivity index (χ4v) is 2.25. The number of benzene rings is 1. The van der Waals surface area contributed by atoms with Crippen molar-refractivity contribution in [2.75, 3.05) is 13.1 Å². The summed E-state index contributed by atoms with van der Waals surface area (Å²) < 4.78 is 0. The van der Waals surface area contributed by atoms with Crippen LogP contribution in [0.25, 0.3) is 0 Å². The van der Waals surface area contributed by atoms with Gasteiger partial charge in [0.05, 0.1) is 4.92 Å². The van der Waals surface area contributed by atoms with E-state index in [0.717, 1.165) is 25.1 Å². The number of likely N-dealkylation sites (tertiary alicyclic amines) is 1. The Bertz CT molecular complexity index is 442. The Morgan fingerprint density at radius 1 is 1.56 bits per heavy atom. The molecule has 100 valence electrons. The van der Waals surface area contributed by atoms with E-state index in [2.05, 4.69) is 4.90 Å². The average molecular weight is 292 g/mol. The van der Waals surface area contributed by atoms with Gasteiger partial charge in [0.25, 0.3) is 5.69 Å². The van der Waals surface area contributed by atoms with E-state index < -0.39 is 4.92 Å². The van der Waals surface area contributed by atoms with Gasteiger partial charge in [-0.2, -0.15) is 0 Å². The number of nitrogens with zero attached hydrogens (tertiary/aromatic N) is 2. The van der Waals surface area contributed by atoms with Gasteiger partial charge in [-0.05, 0) is 18.1 Å². The highest BCUT2D eigenvalue weighted by molar-refractivity contribution is 6.32. The number of nitro benzene ring substituents is 1. The summed E-state index contributed by atoms with van der Waals surface area (Å²) >= 11 is 5.76. The van der Waals surface area contributed by atoms with E-state index in [4.69, 9.17) is 17.3 Å². The van der Waals surface area contributed by atoms with Crippen LogP contribution < -0.4 is 5.73 Å². The van der Waals surface area contributed by atoms with E-state index in [-0.39, 0.29) is 29.2 Å². The molecule has 0 aliphatic carbocycles. The third kappa shape index (κ3) is 3.55. The van der Waals surface area contributed by atoms with Gasteiger partial charge in [-0.1, -0.05) is 17.7 Å². The van der Waals surface area contributed by atoms with Crippen LogP contribution in [0.2, 0.25) is 5.02 Å². The minimum atomic E-state index is -0.457. The number of hydrogen-bond acceptors (Lipinski definition) is 4. The molecule has 1 aromatic carbocycles. The number of rotatable bonds is 3. The maximum Gasteiger partial charge on any atom is 0.288 e. The van der Waals surface area contributed by atoms with Gasteiger partial charge in [-0.25, -0.2) is 0 Å². The highest BCUT2D eigenvalue weighted by Gasteiger charge is 2.20. The molecule has 2 rings (SSSR count). The molecule has 0 aromatic heterocycles. The van der Waals surface area contributed by atoms with E-state index in [1.54, 1.807) is 6.07 Å². The van der Waals surface area contributed by atoms with Crippen LogP contribution in [0.4, 0.5) is 5.69 Å². The van der Waals surface area contributed by atoms with Gasteiger partial charge < -0.3 is 5.73 Å². The van der Waals surface area contributed by atoms with Crippen molar-refractivity contribution in [3.63, 3.8) is 0 Å². The highest BCUT2D eigenvalue weighted by Crippen LogP contribution is 2.26. The van der Waals surface area contributed by atoms with Gasteiger partial charge in [0, 0.05) is 31.7 Å². The Morgan fingerprint density at radius 2 is 2.28 bits per heavy atom. The second-order valence-corrected chi connectivity index (χ2v) is 4.73. The van der Waals surface area contributed by atoms with Crippen LogP contribution in [0, 0.1) is 10.1 Å². The second kappa shape index (κ2) is 6.33. The molecule has 0 unspecified atom stereocenters. The number of hydrogen-bond donors (Lipinski definition) is 1. The molecule has 1 atom stereocenters. The Morgan fingerprint density at radius 3 is 2.83 bits per heavy atom. The van der Waals surface area contributed by atoms with Crippen molar-refractivity contribution >= 4 is 29.7 Å². The van der Waals surface area contributed by atoms with Crippen molar-refractivity contribution in [3.8, 4) is 0 Å². The van der Waals surface area contributed by atoms with Crippen LogP contribution in [0.1, 0.15) is 12.0 Å². The summed E-state index contributed by atoms with van der Waals surface area (Å²) in [6.45, 7) is 2.47. The van der Waals surface area contributed by atoms with Crippen molar-refractivity contribution in [1.82, 2.24) is 4.90 Å². The topological polar surface area (TPSA) is 72.4 Å². The third-order valence-corrected chi connectivity index (χ3v) is 3.24. The summed E-state index contributed by atoms with van der Waals surface area (Å²) in [6.07, 6.45) is 0.982. The van der Waals surface area contributed by atoms with Crippen LogP contribution in [0.15, 0.2) is 18.2 Å². The van der Waals surface area contributed by atoms with E-state index in [1.165, 1.54) is 6.07 Å². The molecular formula is C11H15Cl2N3O2. The lowest BCUT2D eigenvalue weighted by Crippen LogP contribution is -2.26. The summed E-state index contributed by atoms with van der Waals surface area (Å²) in [6, 6.07) is 5.15. The summed E-state index contributed by atoms with van der Waals surface area (Å²) in [7, 11) is 0. The fraction of sp³-hybridized carbons (Fsp3) is 0.455. The zero-order valence-electron chi connectivity index (χ0n) is 9.71. The van der Waals surface area contributed by atoms with Crippen molar-refractivity contribution in [2.45, 2.75) is 19.0 Å². The average Bonchev–Trinajstić information content (AvgIpc) is 2.66. The lowest BCUT2D eigenvalue weighted by atomic mass is 10.2. The Kier molecular flexibility index (Phi) is 5.34. The lowest BCUT2D eigenvalue weighted by Gasteiger charge is -2.14.